The fourth-order valence-corrected chi connectivity index (χ4v) is 2.17. The summed E-state index contributed by atoms with van der Waals surface area (Å²) in [4.78, 5) is 22.8. The van der Waals surface area contributed by atoms with Crippen LogP contribution in [0.2, 0.25) is 0 Å². The van der Waals surface area contributed by atoms with Gasteiger partial charge in [0.2, 0.25) is 0 Å². The van der Waals surface area contributed by atoms with Crippen molar-refractivity contribution in [2.45, 2.75) is 12.6 Å². The van der Waals surface area contributed by atoms with E-state index in [9.17, 15) is 22.8 Å². The summed E-state index contributed by atoms with van der Waals surface area (Å²) in [7, 11) is 0. The molecule has 0 bridgehead atoms. The Labute approximate surface area is 157 Å². The number of carbonyl (C=O) groups is 2. The summed E-state index contributed by atoms with van der Waals surface area (Å²) in [5.74, 6) is -1.85. The van der Waals surface area contributed by atoms with Crippen LogP contribution in [-0.4, -0.2) is 17.0 Å². The van der Waals surface area contributed by atoms with E-state index in [0.29, 0.717) is 11.3 Å². The van der Waals surface area contributed by atoms with Crippen molar-refractivity contribution in [2.75, 3.05) is 10.6 Å². The Balaban J connectivity index is 2.07. The minimum Gasteiger partial charge on any atom is -0.481 e. The molecular weight excluding hydrogens is 375 g/mol. The number of nitrogens with zero attached hydrogens (tertiary/aromatic N) is 1. The first-order chi connectivity index (χ1) is 13.2. The molecule has 28 heavy (non-hydrogen) atoms. The molecule has 0 saturated heterocycles. The zero-order valence-electron chi connectivity index (χ0n) is 14.2. The number of carbonyl (C=O) groups excluding carboxylic acids is 1. The van der Waals surface area contributed by atoms with Gasteiger partial charge in [-0.05, 0) is 35.9 Å². The summed E-state index contributed by atoms with van der Waals surface area (Å²) in [5.41, 5.74) is -0.308. The van der Waals surface area contributed by atoms with Gasteiger partial charge in [-0.3, -0.25) is 9.59 Å². The lowest BCUT2D eigenvalue weighted by Crippen LogP contribution is -2.15. The van der Waals surface area contributed by atoms with Gasteiger partial charge in [0.15, 0.2) is 0 Å². The van der Waals surface area contributed by atoms with E-state index in [0.717, 1.165) is 24.4 Å². The molecule has 2 aromatic carbocycles. The summed E-state index contributed by atoms with van der Waals surface area (Å²) in [6.45, 7) is 0. The van der Waals surface area contributed by atoms with Crippen molar-refractivity contribution in [3.05, 3.63) is 71.4 Å². The SMILES string of the molecule is N#C/C(=C/Nc1ccc(CC(=O)O)cc1)C(=O)Nc1cccc(C(F)(F)F)c1. The Hall–Kier alpha value is -3.80. The smallest absolute Gasteiger partial charge is 0.416 e. The van der Waals surface area contributed by atoms with Crippen molar-refractivity contribution >= 4 is 23.3 Å². The van der Waals surface area contributed by atoms with Crippen LogP contribution in [0.3, 0.4) is 0 Å². The first-order valence-electron chi connectivity index (χ1n) is 7.85. The third-order valence-electron chi connectivity index (χ3n) is 3.51. The fraction of sp³-hybridized carbons (Fsp3) is 0.105. The Morgan fingerprint density at radius 1 is 1.11 bits per heavy atom. The zero-order chi connectivity index (χ0) is 20.7. The fourth-order valence-electron chi connectivity index (χ4n) is 2.17. The van der Waals surface area contributed by atoms with Crippen LogP contribution >= 0.6 is 0 Å². The van der Waals surface area contributed by atoms with Crippen LogP contribution in [-0.2, 0) is 22.2 Å². The molecule has 2 aromatic rings. The normalized spacial score (nSPS) is 11.4. The topological polar surface area (TPSA) is 102 Å². The third-order valence-corrected chi connectivity index (χ3v) is 3.51. The summed E-state index contributed by atoms with van der Waals surface area (Å²) in [6, 6.07) is 12.0. The highest BCUT2D eigenvalue weighted by molar-refractivity contribution is 6.06. The Kier molecular flexibility index (Phi) is 6.39. The number of nitriles is 1. The summed E-state index contributed by atoms with van der Waals surface area (Å²) in [5, 5.41) is 22.8. The van der Waals surface area contributed by atoms with Crippen molar-refractivity contribution < 1.29 is 27.9 Å². The van der Waals surface area contributed by atoms with Gasteiger partial charge in [-0.15, -0.1) is 0 Å². The van der Waals surface area contributed by atoms with Crippen molar-refractivity contribution in [3.8, 4) is 6.07 Å². The van der Waals surface area contributed by atoms with Crippen LogP contribution in [0.15, 0.2) is 60.3 Å². The van der Waals surface area contributed by atoms with Crippen LogP contribution in [0.4, 0.5) is 24.5 Å². The van der Waals surface area contributed by atoms with Crippen molar-refractivity contribution in [1.82, 2.24) is 0 Å². The van der Waals surface area contributed by atoms with Crippen LogP contribution in [0.25, 0.3) is 0 Å². The second-order valence-corrected chi connectivity index (χ2v) is 5.61. The standard InChI is InChI=1S/C19H14F3N3O3/c20-19(21,22)14-2-1-3-16(9-14)25-18(28)13(10-23)11-24-15-6-4-12(5-7-15)8-17(26)27/h1-7,9,11,24H,8H2,(H,25,28)(H,26,27)/b13-11-. The number of aliphatic carboxylic acids is 1. The molecule has 0 aliphatic heterocycles. The van der Waals surface area contributed by atoms with Crippen LogP contribution < -0.4 is 10.6 Å². The largest absolute Gasteiger partial charge is 0.481 e. The molecule has 0 saturated carbocycles. The number of rotatable bonds is 6. The molecule has 1 amide bonds. The monoisotopic (exact) mass is 389 g/mol. The van der Waals surface area contributed by atoms with Gasteiger partial charge in [0.25, 0.3) is 5.91 Å². The highest BCUT2D eigenvalue weighted by Crippen LogP contribution is 2.30. The highest BCUT2D eigenvalue weighted by Gasteiger charge is 2.30. The first-order valence-corrected chi connectivity index (χ1v) is 7.85. The third kappa shape index (κ3) is 5.88. The van der Waals surface area contributed by atoms with E-state index in [4.69, 9.17) is 10.4 Å². The van der Waals surface area contributed by atoms with Gasteiger partial charge >= 0.3 is 12.1 Å². The van der Waals surface area contributed by atoms with E-state index in [2.05, 4.69) is 10.6 Å². The van der Waals surface area contributed by atoms with E-state index in [-0.39, 0.29) is 17.7 Å². The molecule has 0 heterocycles. The predicted octanol–water partition coefficient (Wildman–Crippen LogP) is 3.79. The average Bonchev–Trinajstić information content (AvgIpc) is 2.62. The number of carboxylic acids is 1. The lowest BCUT2D eigenvalue weighted by atomic mass is 10.1. The average molecular weight is 389 g/mol. The second kappa shape index (κ2) is 8.73. The van der Waals surface area contributed by atoms with E-state index in [1.54, 1.807) is 30.3 Å². The van der Waals surface area contributed by atoms with Gasteiger partial charge in [-0.25, -0.2) is 0 Å². The highest BCUT2D eigenvalue weighted by atomic mass is 19.4. The first kappa shape index (κ1) is 20.5. The summed E-state index contributed by atoms with van der Waals surface area (Å²) >= 11 is 0. The molecule has 6 nitrogen and oxygen atoms in total. The lowest BCUT2D eigenvalue weighted by Gasteiger charge is -2.09. The van der Waals surface area contributed by atoms with Gasteiger partial charge in [0.05, 0.1) is 12.0 Å². The molecule has 0 atom stereocenters. The Bertz CT molecular complexity index is 945. The number of halogens is 3. The molecule has 3 N–H and O–H groups in total. The number of nitrogens with one attached hydrogen (secondary N) is 2. The molecule has 0 aliphatic carbocycles. The van der Waals surface area contributed by atoms with Gasteiger partial charge in [0.1, 0.15) is 11.6 Å². The van der Waals surface area contributed by atoms with Crippen LogP contribution in [0, 0.1) is 11.3 Å². The van der Waals surface area contributed by atoms with Gasteiger partial charge in [-0.2, -0.15) is 18.4 Å². The maximum atomic E-state index is 12.7. The van der Waals surface area contributed by atoms with Crippen LogP contribution in [0.5, 0.6) is 0 Å². The second-order valence-electron chi connectivity index (χ2n) is 5.61. The minimum absolute atomic E-state index is 0.0981. The van der Waals surface area contributed by atoms with E-state index in [1.807, 2.05) is 0 Å². The number of carboxylic acid groups (broad SMARTS) is 1. The molecule has 144 valence electrons. The van der Waals surface area contributed by atoms with Gasteiger partial charge < -0.3 is 15.7 Å². The molecule has 0 aliphatic rings. The maximum Gasteiger partial charge on any atom is 0.416 e. The molecule has 0 fully saturated rings. The lowest BCUT2D eigenvalue weighted by molar-refractivity contribution is -0.138. The number of anilines is 2. The Morgan fingerprint density at radius 2 is 1.79 bits per heavy atom. The molecule has 0 aromatic heterocycles. The molecule has 2 rings (SSSR count). The zero-order valence-corrected chi connectivity index (χ0v) is 14.2. The van der Waals surface area contributed by atoms with E-state index < -0.39 is 23.6 Å². The maximum absolute atomic E-state index is 12.7. The molecule has 9 heteroatoms. The quantitative estimate of drug-likeness (QED) is 0.515. The number of amides is 1. The number of benzene rings is 2. The summed E-state index contributed by atoms with van der Waals surface area (Å²) in [6.07, 6.45) is -3.59. The number of hydrogen-bond acceptors (Lipinski definition) is 4. The van der Waals surface area contributed by atoms with E-state index >= 15 is 0 Å². The molecule has 0 unspecified atom stereocenters. The van der Waals surface area contributed by atoms with E-state index in [1.165, 1.54) is 6.07 Å². The van der Waals surface area contributed by atoms with Crippen molar-refractivity contribution in [3.63, 3.8) is 0 Å². The molecule has 0 radical (unpaired) electrons. The minimum atomic E-state index is -4.55. The molecule has 0 spiro atoms. The van der Waals surface area contributed by atoms with Gasteiger partial charge in [-0.1, -0.05) is 18.2 Å². The number of alkyl halides is 3. The summed E-state index contributed by atoms with van der Waals surface area (Å²) < 4.78 is 38.2. The van der Waals surface area contributed by atoms with Crippen molar-refractivity contribution in [2.24, 2.45) is 0 Å². The van der Waals surface area contributed by atoms with Gasteiger partial charge in [0, 0.05) is 17.6 Å². The predicted molar refractivity (Wildman–Crippen MR) is 95.2 cm³/mol. The molecular formula is C19H14F3N3O3. The van der Waals surface area contributed by atoms with Crippen molar-refractivity contribution in [1.29, 1.82) is 5.26 Å². The number of hydrogen-bond donors (Lipinski definition) is 3. The van der Waals surface area contributed by atoms with Crippen LogP contribution in [0.1, 0.15) is 11.1 Å². The Morgan fingerprint density at radius 3 is 2.36 bits per heavy atom.